The number of hydrogen-bond acceptors (Lipinski definition) is 5. The van der Waals surface area contributed by atoms with Crippen molar-refractivity contribution < 1.29 is 14.4 Å². The molecule has 0 atom stereocenters. The fraction of sp³-hybridized carbons (Fsp3) is 0.429. The van der Waals surface area contributed by atoms with Crippen LogP contribution in [0.3, 0.4) is 0 Å². The molecule has 1 N–H and O–H groups in total. The molecule has 1 aromatic heterocycles. The lowest BCUT2D eigenvalue weighted by Gasteiger charge is -2.04. The topological polar surface area (TPSA) is 68.4 Å². The Morgan fingerprint density at radius 1 is 1.26 bits per heavy atom. The first-order valence-corrected chi connectivity index (χ1v) is 6.50. The van der Waals surface area contributed by atoms with E-state index >= 15 is 0 Å². The van der Waals surface area contributed by atoms with Gasteiger partial charge in [-0.2, -0.15) is 4.98 Å². The van der Waals surface area contributed by atoms with Crippen LogP contribution in [-0.4, -0.2) is 21.9 Å². The highest BCUT2D eigenvalue weighted by atomic mass is 16.5. The summed E-state index contributed by atoms with van der Waals surface area (Å²) in [4.78, 5) is 4.30. The second-order valence-corrected chi connectivity index (χ2v) is 4.73. The normalized spacial score (nSPS) is 14.6. The summed E-state index contributed by atoms with van der Waals surface area (Å²) in [6.45, 7) is 0.450. The Bertz CT molecular complexity index is 532. The van der Waals surface area contributed by atoms with Gasteiger partial charge in [0.25, 0.3) is 5.89 Å². The number of nitrogens with zero attached hydrogens (tertiary/aromatic N) is 2. The van der Waals surface area contributed by atoms with E-state index in [9.17, 15) is 0 Å². The minimum absolute atomic E-state index is 0.159. The van der Waals surface area contributed by atoms with Gasteiger partial charge in [0.15, 0.2) is 12.4 Å². The molecule has 1 saturated carbocycles. The van der Waals surface area contributed by atoms with Crippen LogP contribution in [0.5, 0.6) is 5.75 Å². The summed E-state index contributed by atoms with van der Waals surface area (Å²) >= 11 is 0. The van der Waals surface area contributed by atoms with Crippen LogP contribution < -0.4 is 4.74 Å². The summed E-state index contributed by atoms with van der Waals surface area (Å²) in [5, 5.41) is 12.8. The van der Waals surface area contributed by atoms with Crippen LogP contribution in [0, 0.1) is 0 Å². The maximum atomic E-state index is 8.83. The predicted octanol–water partition coefficient (Wildman–Crippen LogP) is 2.06. The molecule has 0 aliphatic heterocycles. The van der Waals surface area contributed by atoms with E-state index in [1.807, 2.05) is 24.3 Å². The number of aliphatic hydroxyl groups is 1. The van der Waals surface area contributed by atoms with E-state index in [1.54, 1.807) is 0 Å². The molecule has 2 aromatic rings. The van der Waals surface area contributed by atoms with E-state index in [0.717, 1.165) is 30.0 Å². The third-order valence-corrected chi connectivity index (χ3v) is 3.11. The first-order valence-electron chi connectivity index (χ1n) is 6.50. The summed E-state index contributed by atoms with van der Waals surface area (Å²) in [5.41, 5.74) is 1.09. The molecule has 5 nitrogen and oxygen atoms in total. The zero-order valence-corrected chi connectivity index (χ0v) is 10.6. The zero-order chi connectivity index (χ0) is 13.1. The van der Waals surface area contributed by atoms with Crippen molar-refractivity contribution >= 4 is 0 Å². The number of benzene rings is 1. The highest BCUT2D eigenvalue weighted by Gasteiger charge is 2.28. The first-order chi connectivity index (χ1) is 9.35. The fourth-order valence-electron chi connectivity index (χ4n) is 1.86. The maximum absolute atomic E-state index is 8.83. The van der Waals surface area contributed by atoms with E-state index in [4.69, 9.17) is 14.4 Å². The molecule has 0 spiro atoms. The minimum Gasteiger partial charge on any atom is -0.484 e. The molecule has 1 aromatic carbocycles. The molecule has 0 saturated heterocycles. The van der Waals surface area contributed by atoms with Crippen LogP contribution in [0.15, 0.2) is 28.8 Å². The van der Waals surface area contributed by atoms with Crippen molar-refractivity contribution in [2.75, 3.05) is 6.61 Å². The largest absolute Gasteiger partial charge is 0.484 e. The SMILES string of the molecule is OCCc1ccc(OCc2nc(C3CC3)no2)cc1. The summed E-state index contributed by atoms with van der Waals surface area (Å²) < 4.78 is 10.7. The Kier molecular flexibility index (Phi) is 3.46. The standard InChI is InChI=1S/C14H16N2O3/c17-8-7-10-1-5-12(6-2-10)18-9-13-15-14(16-19-13)11-3-4-11/h1-2,5-6,11,17H,3-4,7-9H2. The fourth-order valence-corrected chi connectivity index (χ4v) is 1.86. The molecular formula is C14H16N2O3. The lowest BCUT2D eigenvalue weighted by molar-refractivity contribution is 0.242. The van der Waals surface area contributed by atoms with Gasteiger partial charge in [-0.25, -0.2) is 0 Å². The Labute approximate surface area is 111 Å². The van der Waals surface area contributed by atoms with Gasteiger partial charge in [0.05, 0.1) is 0 Å². The van der Waals surface area contributed by atoms with Gasteiger partial charge in [-0.3, -0.25) is 0 Å². The van der Waals surface area contributed by atoms with Crippen LogP contribution >= 0.6 is 0 Å². The third kappa shape index (κ3) is 3.12. The summed E-state index contributed by atoms with van der Waals surface area (Å²) in [5.74, 6) is 2.57. The quantitative estimate of drug-likeness (QED) is 0.861. The second-order valence-electron chi connectivity index (χ2n) is 4.73. The van der Waals surface area contributed by atoms with Gasteiger partial charge >= 0.3 is 0 Å². The van der Waals surface area contributed by atoms with Gasteiger partial charge in [0.1, 0.15) is 5.75 Å². The molecule has 0 bridgehead atoms. The molecule has 5 heteroatoms. The van der Waals surface area contributed by atoms with Crippen LogP contribution in [0.2, 0.25) is 0 Å². The van der Waals surface area contributed by atoms with Gasteiger partial charge in [-0.05, 0) is 37.0 Å². The van der Waals surface area contributed by atoms with Gasteiger partial charge < -0.3 is 14.4 Å². The van der Waals surface area contributed by atoms with Crippen LogP contribution in [-0.2, 0) is 13.0 Å². The average molecular weight is 260 g/mol. The Balaban J connectivity index is 1.55. The Hall–Kier alpha value is -1.88. The van der Waals surface area contributed by atoms with Crippen molar-refractivity contribution in [3.8, 4) is 5.75 Å². The summed E-state index contributed by atoms with van der Waals surface area (Å²) in [6, 6.07) is 7.64. The number of aliphatic hydroxyl groups excluding tert-OH is 1. The van der Waals surface area contributed by atoms with E-state index in [2.05, 4.69) is 10.1 Å². The third-order valence-electron chi connectivity index (χ3n) is 3.11. The highest BCUT2D eigenvalue weighted by molar-refractivity contribution is 5.27. The van der Waals surface area contributed by atoms with E-state index in [1.165, 1.54) is 0 Å². The molecule has 1 heterocycles. The van der Waals surface area contributed by atoms with E-state index in [0.29, 0.717) is 24.8 Å². The molecule has 100 valence electrons. The van der Waals surface area contributed by atoms with Crippen LogP contribution in [0.1, 0.15) is 36.0 Å². The zero-order valence-electron chi connectivity index (χ0n) is 10.6. The lowest BCUT2D eigenvalue weighted by atomic mass is 10.1. The van der Waals surface area contributed by atoms with E-state index in [-0.39, 0.29) is 6.61 Å². The average Bonchev–Trinajstić information content (AvgIpc) is 3.18. The number of aromatic nitrogens is 2. The molecule has 1 fully saturated rings. The van der Waals surface area contributed by atoms with Crippen LogP contribution in [0.4, 0.5) is 0 Å². The summed E-state index contributed by atoms with van der Waals surface area (Å²) in [7, 11) is 0. The minimum atomic E-state index is 0.159. The molecule has 1 aliphatic rings. The molecule has 3 rings (SSSR count). The predicted molar refractivity (Wildman–Crippen MR) is 67.8 cm³/mol. The Morgan fingerprint density at radius 3 is 2.74 bits per heavy atom. The van der Waals surface area contributed by atoms with E-state index < -0.39 is 0 Å². The van der Waals surface area contributed by atoms with Crippen LogP contribution in [0.25, 0.3) is 0 Å². The monoisotopic (exact) mass is 260 g/mol. The smallest absolute Gasteiger partial charge is 0.264 e. The van der Waals surface area contributed by atoms with Crippen molar-refractivity contribution in [3.63, 3.8) is 0 Å². The number of hydrogen-bond donors (Lipinski definition) is 1. The maximum Gasteiger partial charge on any atom is 0.264 e. The highest BCUT2D eigenvalue weighted by Crippen LogP contribution is 2.38. The van der Waals surface area contributed by atoms with Gasteiger partial charge in [-0.15, -0.1) is 0 Å². The Morgan fingerprint density at radius 2 is 2.05 bits per heavy atom. The lowest BCUT2D eigenvalue weighted by Crippen LogP contribution is -1.97. The van der Waals surface area contributed by atoms with Crippen molar-refractivity contribution in [1.29, 1.82) is 0 Å². The molecular weight excluding hydrogens is 244 g/mol. The van der Waals surface area contributed by atoms with Crippen molar-refractivity contribution in [1.82, 2.24) is 10.1 Å². The molecule has 0 amide bonds. The molecule has 1 aliphatic carbocycles. The molecule has 19 heavy (non-hydrogen) atoms. The number of rotatable bonds is 6. The molecule has 0 radical (unpaired) electrons. The first kappa shape index (κ1) is 12.2. The molecule has 0 unspecified atom stereocenters. The number of ether oxygens (including phenoxy) is 1. The van der Waals surface area contributed by atoms with Crippen molar-refractivity contribution in [3.05, 3.63) is 41.5 Å². The summed E-state index contributed by atoms with van der Waals surface area (Å²) in [6.07, 6.45) is 2.98. The van der Waals surface area contributed by atoms with Gasteiger partial charge in [-0.1, -0.05) is 17.3 Å². The van der Waals surface area contributed by atoms with Gasteiger partial charge in [0.2, 0.25) is 0 Å². The second kappa shape index (κ2) is 5.40. The van der Waals surface area contributed by atoms with Crippen molar-refractivity contribution in [2.45, 2.75) is 31.8 Å². The van der Waals surface area contributed by atoms with Crippen molar-refractivity contribution in [2.24, 2.45) is 0 Å². The van der Waals surface area contributed by atoms with Gasteiger partial charge in [0, 0.05) is 12.5 Å².